The van der Waals surface area contributed by atoms with E-state index in [1.54, 1.807) is 13.8 Å². The number of sulfonamides is 1. The number of aromatic nitrogens is 2. The fourth-order valence-electron chi connectivity index (χ4n) is 2.02. The summed E-state index contributed by atoms with van der Waals surface area (Å²) in [6.45, 7) is 3.13. The van der Waals surface area contributed by atoms with Crippen molar-refractivity contribution in [2.45, 2.75) is 24.8 Å². The van der Waals surface area contributed by atoms with Crippen LogP contribution in [0.25, 0.3) is 10.9 Å². The van der Waals surface area contributed by atoms with Gasteiger partial charge in [-0.3, -0.25) is 14.6 Å². The van der Waals surface area contributed by atoms with Gasteiger partial charge >= 0.3 is 11.7 Å². The van der Waals surface area contributed by atoms with E-state index < -0.39 is 39.2 Å². The molecule has 0 saturated carbocycles. The van der Waals surface area contributed by atoms with Gasteiger partial charge in [-0.2, -0.15) is 4.72 Å². The minimum Gasteiger partial charge on any atom is -0.480 e. The lowest BCUT2D eigenvalue weighted by Gasteiger charge is -2.18. The summed E-state index contributed by atoms with van der Waals surface area (Å²) in [4.78, 5) is 38.1. The number of carboxylic acid groups (broad SMARTS) is 1. The molecule has 2 aromatic rings. The Morgan fingerprint density at radius 2 is 1.87 bits per heavy atom. The molecule has 4 N–H and O–H groups in total. The zero-order chi connectivity index (χ0) is 17.4. The van der Waals surface area contributed by atoms with Gasteiger partial charge in [0.1, 0.15) is 6.04 Å². The Morgan fingerprint density at radius 1 is 1.22 bits per heavy atom. The molecule has 23 heavy (non-hydrogen) atoms. The number of rotatable bonds is 5. The molecule has 0 bridgehead atoms. The van der Waals surface area contributed by atoms with E-state index in [1.807, 2.05) is 4.98 Å². The van der Waals surface area contributed by atoms with E-state index in [0.29, 0.717) is 0 Å². The van der Waals surface area contributed by atoms with E-state index in [1.165, 1.54) is 12.1 Å². The van der Waals surface area contributed by atoms with Crippen LogP contribution in [0.3, 0.4) is 0 Å². The molecular weight excluding hydrogens is 326 g/mol. The van der Waals surface area contributed by atoms with Crippen molar-refractivity contribution < 1.29 is 18.3 Å². The van der Waals surface area contributed by atoms with E-state index >= 15 is 0 Å². The van der Waals surface area contributed by atoms with E-state index in [0.717, 1.165) is 6.07 Å². The van der Waals surface area contributed by atoms with Gasteiger partial charge in [0.2, 0.25) is 10.0 Å². The third-order valence-electron chi connectivity index (χ3n) is 3.24. The van der Waals surface area contributed by atoms with Gasteiger partial charge in [0.15, 0.2) is 0 Å². The second kappa shape index (κ2) is 5.97. The third-order valence-corrected chi connectivity index (χ3v) is 4.67. The molecule has 0 aliphatic carbocycles. The predicted molar refractivity (Wildman–Crippen MR) is 81.8 cm³/mol. The lowest BCUT2D eigenvalue weighted by molar-refractivity contribution is -0.140. The number of aliphatic carboxylic acids is 1. The van der Waals surface area contributed by atoms with Crippen molar-refractivity contribution in [2.75, 3.05) is 0 Å². The Hall–Kier alpha value is -2.46. The quantitative estimate of drug-likeness (QED) is 0.581. The topological polar surface area (TPSA) is 149 Å². The highest BCUT2D eigenvalue weighted by Gasteiger charge is 2.28. The highest BCUT2D eigenvalue weighted by Crippen LogP contribution is 2.15. The minimum absolute atomic E-state index is 0.0242. The van der Waals surface area contributed by atoms with Crippen LogP contribution in [0.1, 0.15) is 13.8 Å². The van der Waals surface area contributed by atoms with Crippen LogP contribution in [-0.4, -0.2) is 35.5 Å². The largest absolute Gasteiger partial charge is 0.480 e. The van der Waals surface area contributed by atoms with Gasteiger partial charge in [-0.05, 0) is 24.1 Å². The third kappa shape index (κ3) is 3.48. The molecule has 9 nitrogen and oxygen atoms in total. The number of benzene rings is 1. The number of hydrogen-bond acceptors (Lipinski definition) is 5. The first kappa shape index (κ1) is 16.9. The maximum atomic E-state index is 12.3. The minimum atomic E-state index is -4.14. The molecule has 0 aliphatic heterocycles. The van der Waals surface area contributed by atoms with Crippen molar-refractivity contribution in [1.29, 1.82) is 0 Å². The lowest BCUT2D eigenvalue weighted by Crippen LogP contribution is -2.44. The number of H-pyrrole nitrogens is 2. The zero-order valence-electron chi connectivity index (χ0n) is 12.3. The first-order valence-electron chi connectivity index (χ1n) is 6.63. The molecule has 0 saturated heterocycles. The second-order valence-electron chi connectivity index (χ2n) is 5.30. The van der Waals surface area contributed by atoms with E-state index in [-0.39, 0.29) is 15.8 Å². The average molecular weight is 341 g/mol. The van der Waals surface area contributed by atoms with Crippen LogP contribution in [0.15, 0.2) is 32.7 Å². The Kier molecular flexibility index (Phi) is 4.39. The average Bonchev–Trinajstić information content (AvgIpc) is 2.43. The Bertz CT molecular complexity index is 973. The molecule has 0 fully saturated rings. The molecule has 0 amide bonds. The van der Waals surface area contributed by atoms with Crippen LogP contribution in [0.4, 0.5) is 0 Å². The van der Waals surface area contributed by atoms with Crippen LogP contribution < -0.4 is 16.0 Å². The van der Waals surface area contributed by atoms with Crippen molar-refractivity contribution >= 4 is 26.9 Å². The summed E-state index contributed by atoms with van der Waals surface area (Å²) in [5.74, 6) is -1.77. The van der Waals surface area contributed by atoms with Crippen LogP contribution in [-0.2, 0) is 14.8 Å². The number of hydrogen-bond donors (Lipinski definition) is 4. The van der Waals surface area contributed by atoms with Gasteiger partial charge in [0, 0.05) is 0 Å². The van der Waals surface area contributed by atoms with Crippen LogP contribution in [0.2, 0.25) is 0 Å². The van der Waals surface area contributed by atoms with Crippen molar-refractivity contribution in [2.24, 2.45) is 5.92 Å². The van der Waals surface area contributed by atoms with Gasteiger partial charge < -0.3 is 10.1 Å². The van der Waals surface area contributed by atoms with Crippen LogP contribution in [0.5, 0.6) is 0 Å². The summed E-state index contributed by atoms with van der Waals surface area (Å²) < 4.78 is 26.7. The molecule has 1 aromatic carbocycles. The number of nitrogens with one attached hydrogen (secondary N) is 3. The molecule has 0 radical (unpaired) electrons. The summed E-state index contributed by atoms with van der Waals surface area (Å²) >= 11 is 0. The molecule has 0 unspecified atom stereocenters. The molecule has 124 valence electrons. The van der Waals surface area contributed by atoms with Gasteiger partial charge in [-0.1, -0.05) is 13.8 Å². The molecule has 2 rings (SSSR count). The van der Waals surface area contributed by atoms with E-state index in [2.05, 4.69) is 9.71 Å². The van der Waals surface area contributed by atoms with Gasteiger partial charge in [-0.15, -0.1) is 0 Å². The highest BCUT2D eigenvalue weighted by molar-refractivity contribution is 7.89. The summed E-state index contributed by atoms with van der Waals surface area (Å²) in [6.07, 6.45) is 0. The maximum Gasteiger partial charge on any atom is 0.326 e. The number of carboxylic acids is 1. The van der Waals surface area contributed by atoms with Gasteiger partial charge in [0.25, 0.3) is 5.56 Å². The van der Waals surface area contributed by atoms with E-state index in [4.69, 9.17) is 5.11 Å². The first-order chi connectivity index (χ1) is 10.6. The molecular formula is C13H15N3O6S. The van der Waals surface area contributed by atoms with Crippen molar-refractivity contribution in [3.63, 3.8) is 0 Å². The predicted octanol–water partition coefficient (Wildman–Crippen LogP) is -0.396. The summed E-state index contributed by atoms with van der Waals surface area (Å²) in [6, 6.07) is 2.22. The summed E-state index contributed by atoms with van der Waals surface area (Å²) in [5, 5.41) is 9.05. The molecule has 1 atom stereocenters. The zero-order valence-corrected chi connectivity index (χ0v) is 13.1. The summed E-state index contributed by atoms with van der Waals surface area (Å²) in [7, 11) is -4.14. The monoisotopic (exact) mass is 341 g/mol. The summed E-state index contributed by atoms with van der Waals surface area (Å²) in [5.41, 5.74) is -1.27. The standard InChI is InChI=1S/C13H15N3O6S/c1-6(2)10(12(18)19)16-23(21,22)7-3-4-9-8(5-7)11(17)15-13(20)14-9/h3-6,10,16H,1-2H3,(H,18,19)(H2,14,15,17,20)/t10-/m0/s1. The maximum absolute atomic E-state index is 12.3. The highest BCUT2D eigenvalue weighted by atomic mass is 32.2. The number of fused-ring (bicyclic) bond motifs is 1. The molecule has 1 heterocycles. The van der Waals surface area contributed by atoms with E-state index in [9.17, 15) is 22.8 Å². The fraction of sp³-hybridized carbons (Fsp3) is 0.308. The normalized spacial score (nSPS) is 13.3. The second-order valence-corrected chi connectivity index (χ2v) is 7.01. The Morgan fingerprint density at radius 3 is 2.43 bits per heavy atom. The Balaban J connectivity index is 2.52. The number of carbonyl (C=O) groups is 1. The van der Waals surface area contributed by atoms with Crippen LogP contribution >= 0.6 is 0 Å². The first-order valence-corrected chi connectivity index (χ1v) is 8.11. The fourth-order valence-corrected chi connectivity index (χ4v) is 3.38. The van der Waals surface area contributed by atoms with Gasteiger partial charge in [0.05, 0.1) is 15.8 Å². The van der Waals surface area contributed by atoms with Gasteiger partial charge in [-0.25, -0.2) is 13.2 Å². The number of aromatic amines is 2. The van der Waals surface area contributed by atoms with Crippen molar-refractivity contribution in [1.82, 2.24) is 14.7 Å². The molecule has 0 spiro atoms. The molecule has 0 aliphatic rings. The SMILES string of the molecule is CC(C)[C@H](NS(=O)(=O)c1ccc2[nH]c(=O)[nH]c(=O)c2c1)C(=O)O. The molecule has 1 aromatic heterocycles. The van der Waals surface area contributed by atoms with Crippen molar-refractivity contribution in [3.05, 3.63) is 39.0 Å². The van der Waals surface area contributed by atoms with Crippen molar-refractivity contribution in [3.8, 4) is 0 Å². The lowest BCUT2D eigenvalue weighted by atomic mass is 10.1. The smallest absolute Gasteiger partial charge is 0.326 e. The van der Waals surface area contributed by atoms with Crippen LogP contribution in [0, 0.1) is 5.92 Å². The Labute approximate surface area is 130 Å². The molecule has 10 heteroatoms.